The van der Waals surface area contributed by atoms with Crippen LogP contribution in [0.3, 0.4) is 0 Å². The van der Waals surface area contributed by atoms with Gasteiger partial charge >= 0.3 is 5.97 Å². The summed E-state index contributed by atoms with van der Waals surface area (Å²) < 4.78 is 23.2. The number of aryl methyl sites for hydroxylation is 1. The molecule has 250 valence electrons. The number of fused-ring (bicyclic) bond motifs is 2. The molecule has 0 radical (unpaired) electrons. The van der Waals surface area contributed by atoms with Crippen LogP contribution < -0.4 is 10.2 Å². The summed E-state index contributed by atoms with van der Waals surface area (Å²) in [5.74, 6) is -1.55. The van der Waals surface area contributed by atoms with Gasteiger partial charge in [-0.1, -0.05) is 12.1 Å². The molecular weight excluding hydrogens is 633 g/mol. The zero-order chi connectivity index (χ0) is 33.6. The van der Waals surface area contributed by atoms with Crippen LogP contribution in [0.1, 0.15) is 60.5 Å². The average molecular weight is 672 g/mol. The van der Waals surface area contributed by atoms with Crippen molar-refractivity contribution in [1.29, 1.82) is 0 Å². The first-order chi connectivity index (χ1) is 23.0. The summed E-state index contributed by atoms with van der Waals surface area (Å²) in [6.45, 7) is 9.63. The minimum Gasteiger partial charge on any atom is -0.459 e. The Morgan fingerprint density at radius 3 is 2.52 bits per heavy atom. The van der Waals surface area contributed by atoms with Crippen molar-refractivity contribution >= 4 is 39.9 Å². The number of nitrogens with zero attached hydrogens (tertiary/aromatic N) is 6. The summed E-state index contributed by atoms with van der Waals surface area (Å²) in [6.07, 6.45) is 4.99. The molecule has 1 unspecified atom stereocenters. The van der Waals surface area contributed by atoms with E-state index in [4.69, 9.17) is 4.74 Å². The fraction of sp³-hybridized carbons (Fsp3) is 0.400. The van der Waals surface area contributed by atoms with E-state index in [0.29, 0.717) is 16.4 Å². The molecule has 13 heteroatoms. The SMILES string of the molecule is CC(C)(C)OC(=O)CN1CCN(c2ccc(-c3cc(F)c4c(c3)C(=O)N(C(C(=O)Nc3nccs3)c3ncn5c3CCC5)C4)cc2)CC1. The zero-order valence-electron chi connectivity index (χ0n) is 27.2. The van der Waals surface area contributed by atoms with E-state index in [1.807, 2.05) is 49.6 Å². The number of ether oxygens (including phenoxy) is 1. The first kappa shape index (κ1) is 32.0. The number of nitrogens with one attached hydrogen (secondary N) is 1. The van der Waals surface area contributed by atoms with Gasteiger partial charge in [-0.05, 0) is 69.0 Å². The quantitative estimate of drug-likeness (QED) is 0.264. The van der Waals surface area contributed by atoms with Crippen LogP contribution in [0.5, 0.6) is 0 Å². The highest BCUT2D eigenvalue weighted by molar-refractivity contribution is 7.13. The Bertz CT molecular complexity index is 1840. The number of carbonyl (C=O) groups excluding carboxylic acids is 3. The summed E-state index contributed by atoms with van der Waals surface area (Å²) >= 11 is 1.28. The van der Waals surface area contributed by atoms with Gasteiger partial charge in [-0.2, -0.15) is 0 Å². The minimum absolute atomic E-state index is 0.0403. The summed E-state index contributed by atoms with van der Waals surface area (Å²) in [6, 6.07) is 10.00. The molecule has 1 atom stereocenters. The average Bonchev–Trinajstić information content (AvgIpc) is 3.85. The van der Waals surface area contributed by atoms with Gasteiger partial charge in [0, 0.05) is 66.8 Å². The van der Waals surface area contributed by atoms with Gasteiger partial charge in [-0.15, -0.1) is 11.3 Å². The molecule has 48 heavy (non-hydrogen) atoms. The van der Waals surface area contributed by atoms with Crippen molar-refractivity contribution in [3.63, 3.8) is 0 Å². The predicted octanol–water partition coefficient (Wildman–Crippen LogP) is 4.89. The number of carbonyl (C=O) groups is 3. The number of aromatic nitrogens is 3. The molecule has 1 N–H and O–H groups in total. The molecule has 2 amide bonds. The highest BCUT2D eigenvalue weighted by Crippen LogP contribution is 2.38. The van der Waals surface area contributed by atoms with Gasteiger partial charge in [0.15, 0.2) is 11.2 Å². The number of hydrogen-bond acceptors (Lipinski definition) is 9. The summed E-state index contributed by atoms with van der Waals surface area (Å²) in [5.41, 5.74) is 3.85. The Morgan fingerprint density at radius 1 is 1.04 bits per heavy atom. The molecule has 0 spiro atoms. The van der Waals surface area contributed by atoms with Gasteiger partial charge in [0.1, 0.15) is 11.4 Å². The van der Waals surface area contributed by atoms with Crippen LogP contribution in [0, 0.1) is 5.82 Å². The summed E-state index contributed by atoms with van der Waals surface area (Å²) in [4.78, 5) is 54.5. The Labute approximate surface area is 282 Å². The van der Waals surface area contributed by atoms with Crippen LogP contribution in [0.25, 0.3) is 11.1 Å². The van der Waals surface area contributed by atoms with E-state index in [-0.39, 0.29) is 30.2 Å². The monoisotopic (exact) mass is 671 g/mol. The summed E-state index contributed by atoms with van der Waals surface area (Å²) in [5, 5.41) is 5.01. The Balaban J connectivity index is 1.07. The lowest BCUT2D eigenvalue weighted by Gasteiger charge is -2.36. The third-order valence-electron chi connectivity index (χ3n) is 9.00. The number of imidazole rings is 1. The molecule has 2 aromatic carbocycles. The van der Waals surface area contributed by atoms with Gasteiger partial charge in [-0.25, -0.2) is 14.4 Å². The first-order valence-electron chi connectivity index (χ1n) is 16.2. The second-order valence-electron chi connectivity index (χ2n) is 13.4. The molecule has 0 aliphatic carbocycles. The molecule has 0 saturated carbocycles. The third kappa shape index (κ3) is 6.44. The van der Waals surface area contributed by atoms with Gasteiger partial charge in [0.05, 0.1) is 25.1 Å². The van der Waals surface area contributed by atoms with E-state index >= 15 is 4.39 Å². The van der Waals surface area contributed by atoms with E-state index in [2.05, 4.69) is 25.1 Å². The number of anilines is 2. The van der Waals surface area contributed by atoms with Crippen LogP contribution in [-0.2, 0) is 33.8 Å². The molecule has 2 aromatic heterocycles. The fourth-order valence-electron chi connectivity index (χ4n) is 6.75. The number of esters is 1. The first-order valence-corrected chi connectivity index (χ1v) is 17.1. The van der Waals surface area contributed by atoms with Crippen molar-refractivity contribution in [3.8, 4) is 11.1 Å². The lowest BCUT2D eigenvalue weighted by atomic mass is 9.99. The molecule has 5 heterocycles. The van der Waals surface area contributed by atoms with Gasteiger partial charge in [0.25, 0.3) is 11.8 Å². The van der Waals surface area contributed by atoms with Gasteiger partial charge < -0.3 is 19.1 Å². The lowest BCUT2D eigenvalue weighted by molar-refractivity contribution is -0.156. The molecule has 11 nitrogen and oxygen atoms in total. The third-order valence-corrected chi connectivity index (χ3v) is 9.69. The molecular formula is C35H38FN7O4S. The van der Waals surface area contributed by atoms with Crippen molar-refractivity contribution in [2.24, 2.45) is 0 Å². The Kier molecular flexibility index (Phi) is 8.50. The maximum Gasteiger partial charge on any atom is 0.320 e. The molecule has 7 rings (SSSR count). The van der Waals surface area contributed by atoms with E-state index in [0.717, 1.165) is 62.5 Å². The number of hydrogen-bond donors (Lipinski definition) is 1. The highest BCUT2D eigenvalue weighted by atomic mass is 32.1. The number of rotatable bonds is 8. The fourth-order valence-corrected chi connectivity index (χ4v) is 7.28. The maximum absolute atomic E-state index is 15.8. The number of thiazole rings is 1. The molecule has 1 saturated heterocycles. The number of piperazine rings is 1. The number of amides is 2. The van der Waals surface area contributed by atoms with Crippen molar-refractivity contribution < 1.29 is 23.5 Å². The molecule has 1 fully saturated rings. The standard InChI is InChI=1S/C35H38FN7O4S/c1-35(2,3)47-29(44)20-40-12-14-41(15-13-40)24-8-6-22(7-9-24)23-17-25-26(27(36)18-23)19-43(33(25)46)31(32(45)39-34-37-10-16-48-34)30-28-5-4-11-42(28)21-38-30/h6-10,16-18,21,31H,4-5,11-15,19-20H2,1-3H3,(H,37,39,45). The van der Waals surface area contributed by atoms with Crippen LogP contribution >= 0.6 is 11.3 Å². The lowest BCUT2D eigenvalue weighted by Crippen LogP contribution is -2.48. The van der Waals surface area contributed by atoms with Crippen LogP contribution in [-0.4, -0.2) is 80.4 Å². The van der Waals surface area contributed by atoms with E-state index < -0.39 is 29.3 Å². The van der Waals surface area contributed by atoms with Crippen LogP contribution in [0.2, 0.25) is 0 Å². The van der Waals surface area contributed by atoms with Gasteiger partial charge in [0.2, 0.25) is 0 Å². The molecule has 3 aliphatic rings. The molecule has 3 aliphatic heterocycles. The normalized spacial score (nSPS) is 17.0. The highest BCUT2D eigenvalue weighted by Gasteiger charge is 2.42. The predicted molar refractivity (Wildman–Crippen MR) is 180 cm³/mol. The molecule has 4 aromatic rings. The number of halogens is 1. The second-order valence-corrected chi connectivity index (χ2v) is 14.3. The maximum atomic E-state index is 15.8. The van der Waals surface area contributed by atoms with Crippen molar-refractivity contribution in [1.82, 2.24) is 24.3 Å². The van der Waals surface area contributed by atoms with Crippen molar-refractivity contribution in [2.45, 2.75) is 58.3 Å². The smallest absolute Gasteiger partial charge is 0.320 e. The molecule has 0 bridgehead atoms. The zero-order valence-corrected chi connectivity index (χ0v) is 28.1. The van der Waals surface area contributed by atoms with E-state index in [1.54, 1.807) is 24.0 Å². The second kappa shape index (κ2) is 12.8. The summed E-state index contributed by atoms with van der Waals surface area (Å²) in [7, 11) is 0. The number of benzene rings is 2. The largest absolute Gasteiger partial charge is 0.459 e. The topological polar surface area (TPSA) is 113 Å². The van der Waals surface area contributed by atoms with E-state index in [1.165, 1.54) is 22.3 Å². The minimum atomic E-state index is -1.03. The van der Waals surface area contributed by atoms with Crippen LogP contribution in [0.15, 0.2) is 54.3 Å². The van der Waals surface area contributed by atoms with Crippen molar-refractivity contribution in [2.75, 3.05) is 42.9 Å². The Hall–Kier alpha value is -4.62. The van der Waals surface area contributed by atoms with E-state index in [9.17, 15) is 14.4 Å². The van der Waals surface area contributed by atoms with Gasteiger partial charge in [-0.3, -0.25) is 24.6 Å². The van der Waals surface area contributed by atoms with Crippen molar-refractivity contribution in [3.05, 3.63) is 82.6 Å². The van der Waals surface area contributed by atoms with Crippen LogP contribution in [0.4, 0.5) is 15.2 Å². The Morgan fingerprint density at radius 2 is 1.81 bits per heavy atom.